The molecule has 0 amide bonds. The van der Waals surface area contributed by atoms with Gasteiger partial charge in [-0.3, -0.25) is 0 Å². The number of nitrogens with zero attached hydrogens (tertiary/aromatic N) is 3. The molecule has 0 aliphatic heterocycles. The largest absolute Gasteiger partial charge is 0.382 e. The lowest BCUT2D eigenvalue weighted by molar-refractivity contribution is 0.622. The quantitative estimate of drug-likeness (QED) is 0.373. The summed E-state index contributed by atoms with van der Waals surface area (Å²) >= 11 is 0. The van der Waals surface area contributed by atoms with Gasteiger partial charge in [-0.2, -0.15) is 0 Å². The minimum absolute atomic E-state index is 0.428. The van der Waals surface area contributed by atoms with Crippen molar-refractivity contribution in [3.05, 3.63) is 30.5 Å². The van der Waals surface area contributed by atoms with Crippen molar-refractivity contribution in [2.75, 3.05) is 6.16 Å². The number of unbranched alkanes of at least 4 members (excludes halogenated alkanes) is 1. The van der Waals surface area contributed by atoms with Gasteiger partial charge in [-0.25, -0.2) is 9.98 Å². The van der Waals surface area contributed by atoms with E-state index < -0.39 is 0 Å². The topological polar surface area (TPSA) is 56.2 Å². The molecule has 18 heavy (non-hydrogen) atoms. The average Bonchev–Trinajstić information content (AvgIpc) is 2.74. The highest BCUT2D eigenvalue weighted by molar-refractivity contribution is 7.16. The summed E-state index contributed by atoms with van der Waals surface area (Å²) in [5.41, 5.74) is 7.59. The van der Waals surface area contributed by atoms with Crippen LogP contribution in [0.1, 0.15) is 38.1 Å². The zero-order valence-corrected chi connectivity index (χ0v) is 12.8. The lowest BCUT2D eigenvalue weighted by Gasteiger charge is -2.04. The summed E-state index contributed by atoms with van der Waals surface area (Å²) in [4.78, 5) is 8.21. The van der Waals surface area contributed by atoms with Crippen molar-refractivity contribution in [2.45, 2.75) is 40.2 Å². The summed E-state index contributed by atoms with van der Waals surface area (Å²) in [5, 5.41) is 0. The summed E-state index contributed by atoms with van der Waals surface area (Å²) in [6.45, 7) is 10.5. The van der Waals surface area contributed by atoms with Crippen molar-refractivity contribution in [3.63, 3.8) is 0 Å². The standard InChI is InChI=1S/C11H19N4P.C2H6/c1-3-13-11(12)10-9(2)15(8-14-10)6-4-5-7-16;1-2/h3,8H,1,4-7,16H2,2H3,(H2,12,13);1-2H3. The number of aromatic nitrogens is 2. The van der Waals surface area contributed by atoms with Crippen molar-refractivity contribution in [1.29, 1.82) is 0 Å². The molecule has 5 heteroatoms. The molecule has 0 saturated heterocycles. The SMILES string of the molecule is C=CN=C(N)c1ncn(CCCCP)c1C.CC. The molecule has 1 aromatic rings. The fourth-order valence-corrected chi connectivity index (χ4v) is 1.80. The van der Waals surface area contributed by atoms with Crippen molar-refractivity contribution >= 4 is 15.1 Å². The smallest absolute Gasteiger partial charge is 0.151 e. The highest BCUT2D eigenvalue weighted by atomic mass is 31.0. The lowest BCUT2D eigenvalue weighted by atomic mass is 10.3. The van der Waals surface area contributed by atoms with Crippen LogP contribution in [0.25, 0.3) is 0 Å². The predicted molar refractivity (Wildman–Crippen MR) is 83.0 cm³/mol. The van der Waals surface area contributed by atoms with Crippen LogP contribution in [0.5, 0.6) is 0 Å². The summed E-state index contributed by atoms with van der Waals surface area (Å²) in [6, 6.07) is 0. The summed E-state index contributed by atoms with van der Waals surface area (Å²) in [5.74, 6) is 0.428. The van der Waals surface area contributed by atoms with E-state index in [0.29, 0.717) is 5.84 Å². The highest BCUT2D eigenvalue weighted by Gasteiger charge is 2.09. The van der Waals surface area contributed by atoms with Gasteiger partial charge in [0.25, 0.3) is 0 Å². The molecule has 1 rings (SSSR count). The Balaban J connectivity index is 0.00000137. The maximum Gasteiger partial charge on any atom is 0.151 e. The second-order valence-electron chi connectivity index (χ2n) is 3.56. The molecule has 1 atom stereocenters. The third-order valence-electron chi connectivity index (χ3n) is 2.43. The Hall–Kier alpha value is -1.15. The third kappa shape index (κ3) is 5.01. The van der Waals surface area contributed by atoms with Crippen LogP contribution in [0, 0.1) is 6.92 Å². The molecular weight excluding hydrogens is 243 g/mol. The molecule has 0 fully saturated rings. The first kappa shape index (κ1) is 16.9. The lowest BCUT2D eigenvalue weighted by Crippen LogP contribution is -2.15. The van der Waals surface area contributed by atoms with Gasteiger partial charge in [0.1, 0.15) is 5.69 Å². The van der Waals surface area contributed by atoms with Gasteiger partial charge in [0.2, 0.25) is 0 Å². The van der Waals surface area contributed by atoms with E-state index in [4.69, 9.17) is 5.73 Å². The number of hydrogen-bond acceptors (Lipinski definition) is 2. The maximum absolute atomic E-state index is 5.77. The first-order chi connectivity index (χ1) is 8.70. The molecule has 0 radical (unpaired) electrons. The third-order valence-corrected chi connectivity index (χ3v) is 2.83. The number of amidine groups is 1. The Kier molecular flexibility index (Phi) is 9.21. The van der Waals surface area contributed by atoms with Crippen LogP contribution in [0.3, 0.4) is 0 Å². The van der Waals surface area contributed by atoms with E-state index in [1.54, 1.807) is 0 Å². The number of rotatable bonds is 6. The van der Waals surface area contributed by atoms with Crippen LogP contribution in [0.15, 0.2) is 24.1 Å². The highest BCUT2D eigenvalue weighted by Crippen LogP contribution is 2.08. The molecule has 0 aliphatic carbocycles. The average molecular weight is 268 g/mol. The Morgan fingerprint density at radius 2 is 2.22 bits per heavy atom. The first-order valence-electron chi connectivity index (χ1n) is 6.37. The number of aliphatic imine (C=N–C) groups is 1. The first-order valence-corrected chi connectivity index (χ1v) is 7.18. The van der Waals surface area contributed by atoms with Gasteiger partial charge in [-0.05, 0) is 25.9 Å². The Morgan fingerprint density at radius 3 is 2.78 bits per heavy atom. The molecule has 0 aromatic carbocycles. The van der Waals surface area contributed by atoms with E-state index >= 15 is 0 Å². The number of aryl methyl sites for hydroxylation is 1. The molecule has 4 nitrogen and oxygen atoms in total. The predicted octanol–water partition coefficient (Wildman–Crippen LogP) is 2.72. The molecule has 1 unspecified atom stereocenters. The maximum atomic E-state index is 5.77. The summed E-state index contributed by atoms with van der Waals surface area (Å²) < 4.78 is 2.11. The molecule has 1 heterocycles. The second-order valence-corrected chi connectivity index (χ2v) is 4.14. The molecule has 1 aromatic heterocycles. The number of nitrogens with two attached hydrogens (primary N) is 1. The van der Waals surface area contributed by atoms with Gasteiger partial charge >= 0.3 is 0 Å². The van der Waals surface area contributed by atoms with Crippen LogP contribution in [0.4, 0.5) is 0 Å². The van der Waals surface area contributed by atoms with Gasteiger partial charge in [0.05, 0.1) is 6.33 Å². The monoisotopic (exact) mass is 268 g/mol. The Bertz CT molecular complexity index is 382. The van der Waals surface area contributed by atoms with E-state index in [9.17, 15) is 0 Å². The summed E-state index contributed by atoms with van der Waals surface area (Å²) in [7, 11) is 2.74. The van der Waals surface area contributed by atoms with Crippen molar-refractivity contribution in [3.8, 4) is 0 Å². The van der Waals surface area contributed by atoms with Crippen LogP contribution in [-0.4, -0.2) is 21.5 Å². The Labute approximate surface area is 113 Å². The Morgan fingerprint density at radius 1 is 1.56 bits per heavy atom. The fourth-order valence-electron chi connectivity index (χ4n) is 1.51. The molecule has 2 N–H and O–H groups in total. The van der Waals surface area contributed by atoms with Crippen LogP contribution in [0.2, 0.25) is 0 Å². The van der Waals surface area contributed by atoms with Crippen molar-refractivity contribution < 1.29 is 0 Å². The van der Waals surface area contributed by atoms with E-state index in [2.05, 4.69) is 30.4 Å². The minimum atomic E-state index is 0.428. The normalized spacial score (nSPS) is 10.8. The molecule has 0 spiro atoms. The van der Waals surface area contributed by atoms with E-state index in [1.165, 1.54) is 12.6 Å². The summed E-state index contributed by atoms with van der Waals surface area (Å²) in [6.07, 6.45) is 6.74. The molecule has 0 aliphatic rings. The van der Waals surface area contributed by atoms with Crippen molar-refractivity contribution in [2.24, 2.45) is 10.7 Å². The minimum Gasteiger partial charge on any atom is -0.382 e. The molecule has 0 bridgehead atoms. The zero-order chi connectivity index (χ0) is 14.0. The number of hydrogen-bond donors (Lipinski definition) is 1. The van der Waals surface area contributed by atoms with Crippen LogP contribution in [-0.2, 0) is 6.54 Å². The van der Waals surface area contributed by atoms with Crippen LogP contribution >= 0.6 is 9.24 Å². The van der Waals surface area contributed by atoms with Gasteiger partial charge in [0.15, 0.2) is 5.84 Å². The van der Waals surface area contributed by atoms with Crippen LogP contribution < -0.4 is 5.73 Å². The number of imidazole rings is 1. The molecule has 102 valence electrons. The zero-order valence-electron chi connectivity index (χ0n) is 11.7. The van der Waals surface area contributed by atoms with Gasteiger partial charge in [0, 0.05) is 18.4 Å². The van der Waals surface area contributed by atoms with Gasteiger partial charge < -0.3 is 10.3 Å². The second kappa shape index (κ2) is 9.84. The van der Waals surface area contributed by atoms with E-state index in [0.717, 1.165) is 30.5 Å². The molecule has 0 saturated carbocycles. The fraction of sp³-hybridized carbons (Fsp3) is 0.538. The molecular formula is C13H25N4P. The van der Waals surface area contributed by atoms with E-state index in [1.807, 2.05) is 27.1 Å². The van der Waals surface area contributed by atoms with Crippen molar-refractivity contribution in [1.82, 2.24) is 9.55 Å². The van der Waals surface area contributed by atoms with Gasteiger partial charge in [-0.1, -0.05) is 20.4 Å². The van der Waals surface area contributed by atoms with Gasteiger partial charge in [-0.15, -0.1) is 9.24 Å². The van der Waals surface area contributed by atoms with E-state index in [-0.39, 0.29) is 0 Å².